The van der Waals surface area contributed by atoms with Crippen LogP contribution in [0.3, 0.4) is 0 Å². The first-order valence-corrected chi connectivity index (χ1v) is 9.86. The zero-order chi connectivity index (χ0) is 13.7. The Morgan fingerprint density at radius 1 is 1.28 bits per heavy atom. The molecule has 2 nitrogen and oxygen atoms in total. The highest BCUT2D eigenvalue weighted by Gasteiger charge is 2.23. The molecule has 2 unspecified atom stereocenters. The van der Waals surface area contributed by atoms with E-state index in [4.69, 9.17) is 28.4 Å². The molecule has 0 amide bonds. The number of aryl methyl sites for hydroxylation is 1. The first-order chi connectivity index (χ1) is 8.54. The summed E-state index contributed by atoms with van der Waals surface area (Å²) in [5.74, 6) is -0.200. The van der Waals surface area contributed by atoms with Crippen LogP contribution in [0, 0.1) is 13.8 Å². The molecule has 0 radical (unpaired) electrons. The lowest BCUT2D eigenvalue weighted by Gasteiger charge is -2.06. The fourth-order valence-electron chi connectivity index (χ4n) is 1.74. The summed E-state index contributed by atoms with van der Waals surface area (Å²) in [6.45, 7) is 6.32. The van der Waals surface area contributed by atoms with Crippen molar-refractivity contribution in [2.45, 2.75) is 27.2 Å². The van der Waals surface area contributed by atoms with E-state index in [-0.39, 0.29) is 13.3 Å². The van der Waals surface area contributed by atoms with Crippen molar-refractivity contribution in [2.75, 3.05) is 6.61 Å². The first-order valence-electron chi connectivity index (χ1n) is 5.60. The Morgan fingerprint density at radius 3 is 2.39 bits per heavy atom. The van der Waals surface area contributed by atoms with Gasteiger partial charge in [0.2, 0.25) is 25.3 Å². The lowest BCUT2D eigenvalue weighted by Crippen LogP contribution is -2.24. The Balaban J connectivity index is 3.26. The van der Waals surface area contributed by atoms with E-state index in [0.717, 1.165) is 16.2 Å². The zero-order valence-electron chi connectivity index (χ0n) is 10.6. The predicted molar refractivity (Wildman–Crippen MR) is 86.9 cm³/mol. The maximum Gasteiger partial charge on any atom is 0.310 e. The largest absolute Gasteiger partial charge is 0.466 e. The summed E-state index contributed by atoms with van der Waals surface area (Å²) < 4.78 is 5.00. The standard InChI is InChI=1S/C12H14O2P2S2/c1-4-14-10(13)6-9-5-7(2)8(3)11(15-17)12(9)16-18/h5H,4,6H2,1-3H3/p+2. The summed E-state index contributed by atoms with van der Waals surface area (Å²) in [5, 5.41) is 2.23. The van der Waals surface area contributed by atoms with Gasteiger partial charge in [0.25, 0.3) is 0 Å². The van der Waals surface area contributed by atoms with E-state index in [2.05, 4.69) is 6.92 Å². The van der Waals surface area contributed by atoms with Gasteiger partial charge in [-0.25, -0.2) is 0 Å². The Hall–Kier alpha value is -0.270. The number of carbonyl (C=O) groups is 1. The van der Waals surface area contributed by atoms with Gasteiger partial charge in [-0.3, -0.25) is 4.79 Å². The van der Waals surface area contributed by atoms with E-state index in [1.807, 2.05) is 19.9 Å². The molecule has 2 atom stereocenters. The SMILES string of the molecule is CCOC(=O)Cc1cc(C)c(C)c([PH+]=S)c1[PH+]=S. The molecule has 18 heavy (non-hydrogen) atoms. The molecule has 1 aromatic rings. The minimum Gasteiger partial charge on any atom is -0.466 e. The molecule has 0 heterocycles. The van der Waals surface area contributed by atoms with Gasteiger partial charge in [-0.15, -0.1) is 0 Å². The fourth-order valence-corrected chi connectivity index (χ4v) is 5.32. The second-order valence-electron chi connectivity index (χ2n) is 3.91. The van der Waals surface area contributed by atoms with E-state index >= 15 is 0 Å². The number of hydrogen-bond donors (Lipinski definition) is 0. The van der Waals surface area contributed by atoms with Crippen molar-refractivity contribution in [1.82, 2.24) is 0 Å². The van der Waals surface area contributed by atoms with Crippen molar-refractivity contribution < 1.29 is 9.53 Å². The Kier molecular flexibility index (Phi) is 6.45. The third-order valence-electron chi connectivity index (χ3n) is 2.77. The van der Waals surface area contributed by atoms with E-state index in [9.17, 15) is 4.79 Å². The lowest BCUT2D eigenvalue weighted by molar-refractivity contribution is -0.142. The van der Waals surface area contributed by atoms with Gasteiger partial charge in [0.1, 0.15) is 0 Å². The molecule has 6 heteroatoms. The van der Waals surface area contributed by atoms with Crippen molar-refractivity contribution >= 4 is 54.9 Å². The normalized spacial score (nSPS) is 10.8. The number of esters is 1. The molecular formula is C12H16O2P2S2+2. The molecule has 0 spiro atoms. The summed E-state index contributed by atoms with van der Waals surface area (Å²) in [5.41, 5.74) is 3.36. The first kappa shape index (κ1) is 15.8. The van der Waals surface area contributed by atoms with Gasteiger partial charge in [0, 0.05) is 11.1 Å². The van der Waals surface area contributed by atoms with E-state index < -0.39 is 0 Å². The van der Waals surface area contributed by atoms with Crippen LogP contribution in [0.4, 0.5) is 0 Å². The third kappa shape index (κ3) is 3.61. The van der Waals surface area contributed by atoms with Gasteiger partial charge >= 0.3 is 5.97 Å². The molecule has 0 fully saturated rings. The van der Waals surface area contributed by atoms with Gasteiger partial charge in [0.15, 0.2) is 23.6 Å². The van der Waals surface area contributed by atoms with Crippen LogP contribution in [0.2, 0.25) is 0 Å². The zero-order valence-corrected chi connectivity index (χ0v) is 14.3. The molecular weight excluding hydrogens is 302 g/mol. The van der Waals surface area contributed by atoms with Crippen LogP contribution in [0.1, 0.15) is 23.6 Å². The molecule has 0 aromatic heterocycles. The van der Waals surface area contributed by atoms with Crippen molar-refractivity contribution in [3.8, 4) is 0 Å². The summed E-state index contributed by atoms with van der Waals surface area (Å²) in [6.07, 6.45) is 0.292. The lowest BCUT2D eigenvalue weighted by atomic mass is 10.0. The molecule has 0 bridgehead atoms. The highest BCUT2D eigenvalue weighted by atomic mass is 32.4. The van der Waals surface area contributed by atoms with Gasteiger partial charge in [-0.05, 0) is 26.3 Å². The van der Waals surface area contributed by atoms with Crippen molar-refractivity contribution in [3.05, 3.63) is 22.8 Å². The smallest absolute Gasteiger partial charge is 0.310 e. The molecule has 1 aromatic carbocycles. The van der Waals surface area contributed by atoms with Crippen LogP contribution in [-0.2, 0) is 39.6 Å². The minimum absolute atomic E-state index is 0.200. The number of ether oxygens (including phenoxy) is 1. The Morgan fingerprint density at radius 2 is 1.89 bits per heavy atom. The number of benzene rings is 1. The summed E-state index contributed by atoms with van der Waals surface area (Å²) in [4.78, 5) is 11.6. The van der Waals surface area contributed by atoms with Gasteiger partial charge in [0.05, 0.1) is 13.0 Å². The van der Waals surface area contributed by atoms with Crippen LogP contribution in [-0.4, -0.2) is 12.6 Å². The maximum absolute atomic E-state index is 11.6. The minimum atomic E-state index is -0.200. The Bertz CT molecular complexity index is 501. The van der Waals surface area contributed by atoms with E-state index in [0.29, 0.717) is 20.4 Å². The highest BCUT2D eigenvalue weighted by molar-refractivity contribution is 8.02. The van der Waals surface area contributed by atoms with Crippen molar-refractivity contribution in [1.29, 1.82) is 0 Å². The van der Waals surface area contributed by atoms with Crippen molar-refractivity contribution in [2.24, 2.45) is 0 Å². The second kappa shape index (κ2) is 7.35. The second-order valence-corrected chi connectivity index (χ2v) is 6.55. The number of hydrogen-bond acceptors (Lipinski definition) is 4. The molecule has 0 aliphatic heterocycles. The van der Waals surface area contributed by atoms with Crippen LogP contribution in [0.25, 0.3) is 0 Å². The van der Waals surface area contributed by atoms with Gasteiger partial charge in [-0.1, -0.05) is 6.07 Å². The van der Waals surface area contributed by atoms with E-state index in [1.165, 1.54) is 11.1 Å². The monoisotopic (exact) mass is 318 g/mol. The van der Waals surface area contributed by atoms with Crippen LogP contribution in [0.5, 0.6) is 0 Å². The highest BCUT2D eigenvalue weighted by Crippen LogP contribution is 2.16. The van der Waals surface area contributed by atoms with E-state index in [1.54, 1.807) is 0 Å². The summed E-state index contributed by atoms with van der Waals surface area (Å²) >= 11 is 10.4. The summed E-state index contributed by atoms with van der Waals surface area (Å²) in [6, 6.07) is 2.04. The van der Waals surface area contributed by atoms with Crippen molar-refractivity contribution in [3.63, 3.8) is 0 Å². The molecule has 0 saturated carbocycles. The molecule has 0 N–H and O–H groups in total. The average Bonchev–Trinajstić information content (AvgIpc) is 2.33. The van der Waals surface area contributed by atoms with Gasteiger partial charge < -0.3 is 4.74 Å². The average molecular weight is 318 g/mol. The molecule has 0 aliphatic rings. The Labute approximate surface area is 121 Å². The molecule has 96 valence electrons. The predicted octanol–water partition coefficient (Wildman–Crippen LogP) is 1.94. The van der Waals surface area contributed by atoms with Crippen LogP contribution >= 0.6 is 14.7 Å². The van der Waals surface area contributed by atoms with Crippen LogP contribution < -0.4 is 10.6 Å². The molecule has 0 saturated heterocycles. The van der Waals surface area contributed by atoms with Gasteiger partial charge in [-0.2, -0.15) is 0 Å². The quantitative estimate of drug-likeness (QED) is 0.612. The number of carbonyl (C=O) groups excluding carboxylic acids is 1. The number of rotatable bonds is 5. The molecule has 1 rings (SSSR count). The fraction of sp³-hybridized carbons (Fsp3) is 0.417. The molecule has 0 aliphatic carbocycles. The van der Waals surface area contributed by atoms with Crippen LogP contribution in [0.15, 0.2) is 6.07 Å². The third-order valence-corrected chi connectivity index (χ3v) is 5.85. The summed E-state index contributed by atoms with van der Waals surface area (Å²) in [7, 11) is 0.541. The maximum atomic E-state index is 11.6. The topological polar surface area (TPSA) is 26.3 Å².